The first-order valence-electron chi connectivity index (χ1n) is 5.72. The van der Waals surface area contributed by atoms with Crippen molar-refractivity contribution in [2.24, 2.45) is 5.73 Å². The van der Waals surface area contributed by atoms with Crippen LogP contribution in [-0.4, -0.2) is 43.1 Å². The van der Waals surface area contributed by atoms with Gasteiger partial charge in [0.15, 0.2) is 11.6 Å². The van der Waals surface area contributed by atoms with Crippen molar-refractivity contribution in [2.45, 2.75) is 0 Å². The molecule has 0 radical (unpaired) electrons. The largest absolute Gasteiger partial charge is 0.389 e. The van der Waals surface area contributed by atoms with Crippen LogP contribution in [0.4, 0.5) is 14.5 Å². The van der Waals surface area contributed by atoms with E-state index in [0.29, 0.717) is 13.1 Å². The fraction of sp³-hybridized carbons (Fsp3) is 0.417. The first-order chi connectivity index (χ1) is 8.50. The zero-order valence-corrected chi connectivity index (χ0v) is 10.9. The maximum Gasteiger partial charge on any atom is 0.182 e. The lowest BCUT2D eigenvalue weighted by atomic mass is 10.1. The average molecular weight is 271 g/mol. The van der Waals surface area contributed by atoms with E-state index in [1.165, 1.54) is 12.1 Å². The number of hydrogen-bond acceptors (Lipinski definition) is 3. The fourth-order valence-corrected chi connectivity index (χ4v) is 2.18. The molecule has 0 amide bonds. The smallest absolute Gasteiger partial charge is 0.182 e. The number of benzene rings is 1. The molecule has 2 rings (SSSR count). The van der Waals surface area contributed by atoms with Gasteiger partial charge in [0.25, 0.3) is 0 Å². The normalized spacial score (nSPS) is 16.9. The Kier molecular flexibility index (Phi) is 3.77. The molecular weight excluding hydrogens is 256 g/mol. The van der Waals surface area contributed by atoms with Gasteiger partial charge in [0.1, 0.15) is 4.99 Å². The van der Waals surface area contributed by atoms with E-state index in [9.17, 15) is 8.78 Å². The summed E-state index contributed by atoms with van der Waals surface area (Å²) in [6, 6.07) is 2.98. The van der Waals surface area contributed by atoms with Crippen molar-refractivity contribution in [2.75, 3.05) is 38.1 Å². The second kappa shape index (κ2) is 5.16. The molecule has 1 aliphatic heterocycles. The van der Waals surface area contributed by atoms with Gasteiger partial charge in [-0.15, -0.1) is 0 Å². The molecule has 0 saturated carbocycles. The minimum atomic E-state index is -0.959. The number of thiocarbonyl (C=S) groups is 1. The number of piperazine rings is 1. The van der Waals surface area contributed by atoms with Crippen LogP contribution < -0.4 is 10.6 Å². The zero-order chi connectivity index (χ0) is 13.3. The van der Waals surface area contributed by atoms with Crippen molar-refractivity contribution in [1.29, 1.82) is 0 Å². The SMILES string of the molecule is CN1CCN(c2ccc(C(N)=S)c(F)c2F)CC1. The number of anilines is 1. The molecule has 0 spiro atoms. The van der Waals surface area contributed by atoms with E-state index in [4.69, 9.17) is 5.73 Å². The topological polar surface area (TPSA) is 32.5 Å². The molecule has 0 aliphatic carbocycles. The number of hydrogen-bond donors (Lipinski definition) is 1. The Morgan fingerprint density at radius 1 is 1.17 bits per heavy atom. The van der Waals surface area contributed by atoms with Crippen LogP contribution in [0.15, 0.2) is 12.1 Å². The summed E-state index contributed by atoms with van der Waals surface area (Å²) in [6.45, 7) is 3.02. The van der Waals surface area contributed by atoms with Gasteiger partial charge in [-0.1, -0.05) is 12.2 Å². The predicted molar refractivity (Wildman–Crippen MR) is 72.0 cm³/mol. The summed E-state index contributed by atoms with van der Waals surface area (Å²) in [5, 5.41) is 0. The molecule has 18 heavy (non-hydrogen) atoms. The minimum absolute atomic E-state index is 0.0413. The highest BCUT2D eigenvalue weighted by molar-refractivity contribution is 7.80. The molecule has 2 N–H and O–H groups in total. The van der Waals surface area contributed by atoms with Crippen LogP contribution in [0.25, 0.3) is 0 Å². The van der Waals surface area contributed by atoms with Crippen LogP contribution in [0.3, 0.4) is 0 Å². The molecule has 3 nitrogen and oxygen atoms in total. The predicted octanol–water partition coefficient (Wildman–Crippen LogP) is 1.35. The zero-order valence-electron chi connectivity index (χ0n) is 10.1. The number of nitrogens with zero attached hydrogens (tertiary/aromatic N) is 2. The number of likely N-dealkylation sites (N-methyl/N-ethyl adjacent to an activating group) is 1. The Hall–Kier alpha value is -1.27. The van der Waals surface area contributed by atoms with Crippen LogP contribution in [0.5, 0.6) is 0 Å². The first-order valence-corrected chi connectivity index (χ1v) is 6.13. The summed E-state index contributed by atoms with van der Waals surface area (Å²) < 4.78 is 27.7. The van der Waals surface area contributed by atoms with E-state index in [1.807, 2.05) is 11.9 Å². The summed E-state index contributed by atoms with van der Waals surface area (Å²) >= 11 is 4.68. The minimum Gasteiger partial charge on any atom is -0.389 e. The van der Waals surface area contributed by atoms with E-state index in [1.54, 1.807) is 0 Å². The Labute approximate surface area is 110 Å². The van der Waals surface area contributed by atoms with Gasteiger partial charge < -0.3 is 15.5 Å². The van der Waals surface area contributed by atoms with Gasteiger partial charge in [0.05, 0.1) is 5.69 Å². The Bertz CT molecular complexity index is 471. The van der Waals surface area contributed by atoms with E-state index in [0.717, 1.165) is 13.1 Å². The average Bonchev–Trinajstić information content (AvgIpc) is 2.33. The van der Waals surface area contributed by atoms with Crippen LogP contribution in [-0.2, 0) is 0 Å². The number of rotatable bonds is 2. The quantitative estimate of drug-likeness (QED) is 0.823. The second-order valence-electron chi connectivity index (χ2n) is 4.41. The Morgan fingerprint density at radius 3 is 2.33 bits per heavy atom. The highest BCUT2D eigenvalue weighted by Crippen LogP contribution is 2.25. The molecule has 0 aromatic heterocycles. The van der Waals surface area contributed by atoms with E-state index in [-0.39, 0.29) is 16.2 Å². The molecule has 1 fully saturated rings. The summed E-state index contributed by atoms with van der Waals surface area (Å²) in [6.07, 6.45) is 0. The highest BCUT2D eigenvalue weighted by atomic mass is 32.1. The van der Waals surface area contributed by atoms with E-state index < -0.39 is 11.6 Å². The van der Waals surface area contributed by atoms with Gasteiger partial charge in [-0.25, -0.2) is 8.78 Å². The molecular formula is C12H15F2N3S. The first kappa shape index (κ1) is 13.2. The highest BCUT2D eigenvalue weighted by Gasteiger charge is 2.21. The van der Waals surface area contributed by atoms with Crippen LogP contribution in [0.2, 0.25) is 0 Å². The summed E-state index contributed by atoms with van der Waals surface area (Å²) in [4.78, 5) is 3.85. The van der Waals surface area contributed by atoms with Gasteiger partial charge in [0.2, 0.25) is 0 Å². The third-order valence-corrected chi connectivity index (χ3v) is 3.39. The summed E-state index contributed by atoms with van der Waals surface area (Å²) in [5.74, 6) is -1.83. The van der Waals surface area contributed by atoms with Gasteiger partial charge in [-0.2, -0.15) is 0 Å². The standard InChI is InChI=1S/C12H15F2N3S/c1-16-4-6-17(7-5-16)9-3-2-8(12(15)18)10(13)11(9)14/h2-3H,4-7H2,1H3,(H2,15,18). The second-order valence-corrected chi connectivity index (χ2v) is 4.85. The third kappa shape index (κ3) is 2.44. The maximum absolute atomic E-state index is 14.0. The fourth-order valence-electron chi connectivity index (χ4n) is 2.02. The van der Waals surface area contributed by atoms with Crippen LogP contribution in [0.1, 0.15) is 5.56 Å². The lowest BCUT2D eigenvalue weighted by Crippen LogP contribution is -2.44. The molecule has 1 heterocycles. The van der Waals surface area contributed by atoms with Crippen LogP contribution in [0, 0.1) is 11.6 Å². The Morgan fingerprint density at radius 2 is 1.78 bits per heavy atom. The van der Waals surface area contributed by atoms with Crippen molar-refractivity contribution in [3.63, 3.8) is 0 Å². The van der Waals surface area contributed by atoms with Crippen molar-refractivity contribution in [3.05, 3.63) is 29.3 Å². The van der Waals surface area contributed by atoms with Crippen molar-refractivity contribution in [1.82, 2.24) is 4.90 Å². The molecule has 1 aromatic carbocycles. The van der Waals surface area contributed by atoms with Crippen molar-refractivity contribution < 1.29 is 8.78 Å². The van der Waals surface area contributed by atoms with Gasteiger partial charge in [-0.3, -0.25) is 0 Å². The monoisotopic (exact) mass is 271 g/mol. The molecule has 1 aliphatic rings. The molecule has 0 bridgehead atoms. The lowest BCUT2D eigenvalue weighted by Gasteiger charge is -2.34. The van der Waals surface area contributed by atoms with Crippen molar-refractivity contribution >= 4 is 22.9 Å². The third-order valence-electron chi connectivity index (χ3n) is 3.17. The number of nitrogens with two attached hydrogens (primary N) is 1. The molecule has 0 unspecified atom stereocenters. The maximum atomic E-state index is 14.0. The lowest BCUT2D eigenvalue weighted by molar-refractivity contribution is 0.311. The van der Waals surface area contributed by atoms with Gasteiger partial charge in [0, 0.05) is 31.7 Å². The molecule has 98 valence electrons. The van der Waals surface area contributed by atoms with Crippen molar-refractivity contribution in [3.8, 4) is 0 Å². The van der Waals surface area contributed by atoms with Gasteiger partial charge >= 0.3 is 0 Å². The van der Waals surface area contributed by atoms with Gasteiger partial charge in [-0.05, 0) is 19.2 Å². The van der Waals surface area contributed by atoms with Crippen LogP contribution >= 0.6 is 12.2 Å². The molecule has 0 atom stereocenters. The molecule has 6 heteroatoms. The summed E-state index contributed by atoms with van der Waals surface area (Å²) in [5.41, 5.74) is 5.57. The Balaban J connectivity index is 2.30. The van der Waals surface area contributed by atoms with E-state index >= 15 is 0 Å². The number of halogens is 2. The summed E-state index contributed by atoms with van der Waals surface area (Å²) in [7, 11) is 2.00. The van der Waals surface area contributed by atoms with E-state index in [2.05, 4.69) is 17.1 Å². The molecule has 1 aromatic rings. The molecule has 1 saturated heterocycles.